The number of nitrogens with zero attached hydrogens (tertiary/aromatic N) is 4. The first kappa shape index (κ1) is 23.7. The molecule has 2 aromatic carbocycles. The summed E-state index contributed by atoms with van der Waals surface area (Å²) in [7, 11) is 0. The third-order valence-corrected chi connectivity index (χ3v) is 7.06. The molecule has 8 heteroatoms. The van der Waals surface area contributed by atoms with Crippen LogP contribution in [0.2, 0.25) is 0 Å². The van der Waals surface area contributed by atoms with Crippen LogP contribution < -0.4 is 5.32 Å². The number of fused-ring (bicyclic) bond motifs is 2. The van der Waals surface area contributed by atoms with E-state index in [0.717, 1.165) is 35.2 Å². The number of piperidine rings is 1. The Labute approximate surface area is 219 Å². The fraction of sp³-hybridized carbons (Fsp3) is 0.200. The minimum atomic E-state index is -0.220. The van der Waals surface area contributed by atoms with Gasteiger partial charge in [0, 0.05) is 48.3 Å². The number of aromatic nitrogens is 3. The first-order chi connectivity index (χ1) is 18.5. The number of furan rings is 1. The number of aryl methyl sites for hydroxylation is 1. The highest BCUT2D eigenvalue weighted by Gasteiger charge is 2.26. The van der Waals surface area contributed by atoms with Gasteiger partial charge in [0.15, 0.2) is 0 Å². The quantitative estimate of drug-likeness (QED) is 0.321. The van der Waals surface area contributed by atoms with Crippen molar-refractivity contribution < 1.29 is 14.0 Å². The maximum absolute atomic E-state index is 13.1. The van der Waals surface area contributed by atoms with Crippen molar-refractivity contribution in [2.75, 3.05) is 18.4 Å². The predicted molar refractivity (Wildman–Crippen MR) is 146 cm³/mol. The summed E-state index contributed by atoms with van der Waals surface area (Å²) in [6, 6.07) is 19.4. The van der Waals surface area contributed by atoms with Gasteiger partial charge in [0.25, 0.3) is 5.91 Å². The van der Waals surface area contributed by atoms with Crippen molar-refractivity contribution in [3.63, 3.8) is 0 Å². The van der Waals surface area contributed by atoms with Crippen molar-refractivity contribution in [2.45, 2.75) is 25.7 Å². The molecule has 38 heavy (non-hydrogen) atoms. The Morgan fingerprint density at radius 3 is 2.63 bits per heavy atom. The number of likely N-dealkylation sites (tertiary alicyclic amines) is 1. The molecule has 3 aromatic heterocycles. The molecule has 8 nitrogen and oxygen atoms in total. The summed E-state index contributed by atoms with van der Waals surface area (Å²) in [5.74, 6) is 1.27. The Kier molecular flexibility index (Phi) is 6.21. The topological polar surface area (TPSA) is 92.7 Å². The third-order valence-electron chi connectivity index (χ3n) is 7.06. The molecule has 0 aliphatic carbocycles. The zero-order valence-corrected chi connectivity index (χ0v) is 21.0. The Bertz CT molecular complexity index is 1620. The van der Waals surface area contributed by atoms with Gasteiger partial charge in [0.1, 0.15) is 17.0 Å². The molecule has 4 heterocycles. The van der Waals surface area contributed by atoms with E-state index >= 15 is 0 Å². The second-order valence-electron chi connectivity index (χ2n) is 9.58. The van der Waals surface area contributed by atoms with Crippen LogP contribution in [0.3, 0.4) is 0 Å². The Morgan fingerprint density at radius 1 is 1.05 bits per heavy atom. The molecule has 1 N–H and O–H groups in total. The van der Waals surface area contributed by atoms with E-state index in [9.17, 15) is 9.59 Å². The van der Waals surface area contributed by atoms with Crippen LogP contribution in [0.25, 0.3) is 22.8 Å². The Morgan fingerprint density at radius 2 is 1.84 bits per heavy atom. The second-order valence-corrected chi connectivity index (χ2v) is 9.58. The molecule has 1 aliphatic heterocycles. The molecule has 0 radical (unpaired) electrons. The van der Waals surface area contributed by atoms with Crippen molar-refractivity contribution in [3.05, 3.63) is 102 Å². The normalized spacial score (nSPS) is 14.5. The van der Waals surface area contributed by atoms with Gasteiger partial charge in [0.2, 0.25) is 11.7 Å². The lowest BCUT2D eigenvalue weighted by atomic mass is 9.89. The molecule has 1 saturated heterocycles. The standard InChI is InChI=1S/C30H27N5O3/c1-20-18-26(33-30-31-14-17-35(20)30)29(37)34-15-12-22(13-16-34)21-6-8-24(9-7-21)32-28(36)11-10-25-19-23-4-2-3-5-27(23)38-25/h2-11,14,17-19,22H,12-13,15-16H2,1H3,(H,32,36)/b11-10+. The van der Waals surface area contributed by atoms with Gasteiger partial charge in [-0.05, 0) is 67.7 Å². The molecule has 2 amide bonds. The fourth-order valence-corrected chi connectivity index (χ4v) is 5.01. The number of anilines is 1. The highest BCUT2D eigenvalue weighted by Crippen LogP contribution is 2.29. The van der Waals surface area contributed by atoms with Crippen LogP contribution in [0.5, 0.6) is 0 Å². The maximum atomic E-state index is 13.1. The van der Waals surface area contributed by atoms with Gasteiger partial charge in [-0.2, -0.15) is 0 Å². The van der Waals surface area contributed by atoms with Crippen LogP contribution >= 0.6 is 0 Å². The number of rotatable bonds is 5. The van der Waals surface area contributed by atoms with Crippen LogP contribution in [0.15, 0.2) is 83.6 Å². The average Bonchev–Trinajstić information content (AvgIpc) is 3.59. The number of amides is 2. The molecule has 1 aliphatic rings. The zero-order chi connectivity index (χ0) is 26.1. The molecule has 190 valence electrons. The average molecular weight is 506 g/mol. The highest BCUT2D eigenvalue weighted by molar-refractivity contribution is 6.02. The Balaban J connectivity index is 1.03. The van der Waals surface area contributed by atoms with E-state index in [4.69, 9.17) is 4.42 Å². The van der Waals surface area contributed by atoms with Gasteiger partial charge in [-0.25, -0.2) is 9.97 Å². The van der Waals surface area contributed by atoms with E-state index in [1.54, 1.807) is 12.3 Å². The van der Waals surface area contributed by atoms with Gasteiger partial charge in [0.05, 0.1) is 0 Å². The first-order valence-electron chi connectivity index (χ1n) is 12.7. The summed E-state index contributed by atoms with van der Waals surface area (Å²) in [4.78, 5) is 36.0. The number of nitrogens with one attached hydrogen (secondary N) is 1. The van der Waals surface area contributed by atoms with E-state index in [0.29, 0.717) is 36.2 Å². The van der Waals surface area contributed by atoms with Crippen molar-refractivity contribution in [1.29, 1.82) is 0 Å². The number of hydrogen-bond acceptors (Lipinski definition) is 5. The minimum absolute atomic E-state index is 0.0502. The van der Waals surface area contributed by atoms with Crippen molar-refractivity contribution >= 4 is 40.3 Å². The number of benzene rings is 2. The lowest BCUT2D eigenvalue weighted by molar-refractivity contribution is -0.111. The molecular formula is C30H27N5O3. The lowest BCUT2D eigenvalue weighted by Gasteiger charge is -2.32. The zero-order valence-electron chi connectivity index (χ0n) is 21.0. The van der Waals surface area contributed by atoms with E-state index < -0.39 is 0 Å². The predicted octanol–water partition coefficient (Wildman–Crippen LogP) is 5.46. The number of carbonyl (C=O) groups excluding carboxylic acids is 2. The van der Waals surface area contributed by atoms with Gasteiger partial charge in [-0.15, -0.1) is 0 Å². The lowest BCUT2D eigenvalue weighted by Crippen LogP contribution is -2.38. The summed E-state index contributed by atoms with van der Waals surface area (Å²) >= 11 is 0. The highest BCUT2D eigenvalue weighted by atomic mass is 16.3. The fourth-order valence-electron chi connectivity index (χ4n) is 5.01. The van der Waals surface area contributed by atoms with E-state index in [-0.39, 0.29) is 11.8 Å². The molecule has 6 rings (SSSR count). The number of hydrogen-bond donors (Lipinski definition) is 1. The summed E-state index contributed by atoms with van der Waals surface area (Å²) in [5, 5.41) is 3.90. The van der Waals surface area contributed by atoms with Crippen molar-refractivity contribution in [2.24, 2.45) is 0 Å². The number of carbonyl (C=O) groups is 2. The molecule has 0 bridgehead atoms. The van der Waals surface area contributed by atoms with Crippen molar-refractivity contribution in [3.8, 4) is 0 Å². The minimum Gasteiger partial charge on any atom is -0.457 e. The van der Waals surface area contributed by atoms with E-state index in [1.165, 1.54) is 11.6 Å². The number of imidazole rings is 1. The third kappa shape index (κ3) is 4.80. The molecule has 5 aromatic rings. The first-order valence-corrected chi connectivity index (χ1v) is 12.7. The van der Waals surface area contributed by atoms with Crippen molar-refractivity contribution in [1.82, 2.24) is 19.3 Å². The summed E-state index contributed by atoms with van der Waals surface area (Å²) in [6.07, 6.45) is 8.42. The summed E-state index contributed by atoms with van der Waals surface area (Å²) < 4.78 is 7.59. The smallest absolute Gasteiger partial charge is 0.272 e. The molecular weight excluding hydrogens is 478 g/mol. The molecule has 1 fully saturated rings. The van der Waals surface area contributed by atoms with Crippen LogP contribution in [0.1, 0.15) is 46.3 Å². The number of para-hydroxylation sites is 1. The largest absolute Gasteiger partial charge is 0.457 e. The second kappa shape index (κ2) is 9.97. The monoisotopic (exact) mass is 505 g/mol. The molecule has 0 unspecified atom stereocenters. The van der Waals surface area contributed by atoms with Gasteiger partial charge in [-0.3, -0.25) is 14.0 Å². The van der Waals surface area contributed by atoms with Crippen LogP contribution in [-0.4, -0.2) is 44.2 Å². The molecule has 0 saturated carbocycles. The van der Waals surface area contributed by atoms with E-state index in [2.05, 4.69) is 27.4 Å². The SMILES string of the molecule is Cc1cc(C(=O)N2CCC(c3ccc(NC(=O)/C=C/c4cc5ccccc5o4)cc3)CC2)nc2nccn12. The van der Waals surface area contributed by atoms with Gasteiger partial charge in [-0.1, -0.05) is 30.3 Å². The molecule has 0 spiro atoms. The van der Waals surface area contributed by atoms with Crippen LogP contribution in [-0.2, 0) is 4.79 Å². The summed E-state index contributed by atoms with van der Waals surface area (Å²) in [6.45, 7) is 3.30. The van der Waals surface area contributed by atoms with Gasteiger partial charge >= 0.3 is 0 Å². The Hall–Kier alpha value is -4.72. The maximum Gasteiger partial charge on any atom is 0.272 e. The van der Waals surface area contributed by atoms with Crippen LogP contribution in [0, 0.1) is 6.92 Å². The van der Waals surface area contributed by atoms with Crippen LogP contribution in [0.4, 0.5) is 5.69 Å². The summed E-state index contributed by atoms with van der Waals surface area (Å²) in [5.41, 5.74) is 4.11. The molecule has 0 atom stereocenters. The van der Waals surface area contributed by atoms with E-state index in [1.807, 2.05) is 71.0 Å². The van der Waals surface area contributed by atoms with Gasteiger partial charge < -0.3 is 14.6 Å².